The van der Waals surface area contributed by atoms with E-state index in [1.165, 1.54) is 0 Å². The minimum atomic E-state index is -0.0173. The number of likely N-dealkylation sites (N-methyl/N-ethyl adjacent to an activating group) is 1. The van der Waals surface area contributed by atoms with Crippen molar-refractivity contribution >= 4 is 35.8 Å². The average Bonchev–Trinajstić information content (AvgIpc) is 2.59. The van der Waals surface area contributed by atoms with Gasteiger partial charge in [0, 0.05) is 27.2 Å². The quantitative estimate of drug-likeness (QED) is 0.256. The smallest absolute Gasteiger partial charge is 0.243 e. The molecule has 0 radical (unpaired) electrons. The maximum atomic E-state index is 11.7. The van der Waals surface area contributed by atoms with Gasteiger partial charge in [-0.3, -0.25) is 4.79 Å². The van der Waals surface area contributed by atoms with Crippen LogP contribution < -0.4 is 15.4 Å². The third kappa shape index (κ3) is 9.52. The van der Waals surface area contributed by atoms with Crippen LogP contribution in [0.15, 0.2) is 29.3 Å². The van der Waals surface area contributed by atoms with Crippen LogP contribution in [0.5, 0.6) is 5.75 Å². The number of rotatable bonds is 9. The SMILES string of the molecule is CCCCNC(=NCC(=O)N(C)C)NCCc1ccccc1OC.I. The lowest BCUT2D eigenvalue weighted by Crippen LogP contribution is -2.40. The molecule has 0 saturated heterocycles. The number of ether oxygens (including phenoxy) is 1. The molecule has 25 heavy (non-hydrogen) atoms. The van der Waals surface area contributed by atoms with E-state index in [0.717, 1.165) is 37.1 Å². The predicted molar refractivity (Wildman–Crippen MR) is 114 cm³/mol. The Labute approximate surface area is 168 Å². The number of guanidine groups is 1. The zero-order valence-corrected chi connectivity index (χ0v) is 18.0. The number of benzene rings is 1. The van der Waals surface area contributed by atoms with Gasteiger partial charge in [-0.25, -0.2) is 4.99 Å². The zero-order chi connectivity index (χ0) is 17.8. The number of para-hydroxylation sites is 1. The summed E-state index contributed by atoms with van der Waals surface area (Å²) in [5, 5.41) is 6.55. The van der Waals surface area contributed by atoms with Gasteiger partial charge in [-0.15, -0.1) is 24.0 Å². The summed E-state index contributed by atoms with van der Waals surface area (Å²) in [5.41, 5.74) is 1.14. The van der Waals surface area contributed by atoms with Crippen molar-refractivity contribution in [1.82, 2.24) is 15.5 Å². The van der Waals surface area contributed by atoms with E-state index in [4.69, 9.17) is 4.74 Å². The van der Waals surface area contributed by atoms with Crippen LogP contribution in [0.1, 0.15) is 25.3 Å². The highest BCUT2D eigenvalue weighted by Gasteiger charge is 2.05. The van der Waals surface area contributed by atoms with Crippen molar-refractivity contribution in [3.05, 3.63) is 29.8 Å². The van der Waals surface area contributed by atoms with Crippen LogP contribution in [0.25, 0.3) is 0 Å². The first kappa shape index (κ1) is 23.5. The van der Waals surface area contributed by atoms with Crippen LogP contribution >= 0.6 is 24.0 Å². The number of hydrogen-bond acceptors (Lipinski definition) is 3. The summed E-state index contributed by atoms with van der Waals surface area (Å²) in [5.74, 6) is 1.55. The summed E-state index contributed by atoms with van der Waals surface area (Å²) in [4.78, 5) is 17.6. The molecule has 1 rings (SSSR count). The van der Waals surface area contributed by atoms with Gasteiger partial charge in [0.25, 0.3) is 0 Å². The maximum Gasteiger partial charge on any atom is 0.243 e. The van der Waals surface area contributed by atoms with Crippen molar-refractivity contribution in [2.24, 2.45) is 4.99 Å². The van der Waals surface area contributed by atoms with Crippen LogP contribution in [-0.2, 0) is 11.2 Å². The number of aliphatic imine (C=N–C) groups is 1. The Morgan fingerprint density at radius 3 is 2.52 bits per heavy atom. The lowest BCUT2D eigenvalue weighted by Gasteiger charge is -2.14. The molecule has 2 N–H and O–H groups in total. The minimum Gasteiger partial charge on any atom is -0.496 e. The molecule has 0 aliphatic heterocycles. The second-order valence-corrected chi connectivity index (χ2v) is 5.72. The summed E-state index contributed by atoms with van der Waals surface area (Å²) < 4.78 is 5.36. The molecule has 1 aromatic rings. The Bertz CT molecular complexity index is 536. The van der Waals surface area contributed by atoms with Gasteiger partial charge >= 0.3 is 0 Å². The third-order valence-corrected chi connectivity index (χ3v) is 3.57. The van der Waals surface area contributed by atoms with Gasteiger partial charge in [-0.1, -0.05) is 31.5 Å². The van der Waals surface area contributed by atoms with E-state index in [1.54, 1.807) is 26.1 Å². The van der Waals surface area contributed by atoms with E-state index in [1.807, 2.05) is 18.2 Å². The van der Waals surface area contributed by atoms with Gasteiger partial charge in [0.2, 0.25) is 5.91 Å². The lowest BCUT2D eigenvalue weighted by molar-refractivity contribution is -0.127. The summed E-state index contributed by atoms with van der Waals surface area (Å²) in [6.45, 7) is 3.84. The van der Waals surface area contributed by atoms with Crippen molar-refractivity contribution in [1.29, 1.82) is 0 Å². The fourth-order valence-electron chi connectivity index (χ4n) is 2.07. The fourth-order valence-corrected chi connectivity index (χ4v) is 2.07. The normalized spacial score (nSPS) is 10.6. The topological polar surface area (TPSA) is 66.0 Å². The molecule has 1 amide bonds. The summed E-state index contributed by atoms with van der Waals surface area (Å²) >= 11 is 0. The lowest BCUT2D eigenvalue weighted by atomic mass is 10.1. The Hall–Kier alpha value is -1.51. The molecule has 0 bridgehead atoms. The van der Waals surface area contributed by atoms with Crippen LogP contribution in [0, 0.1) is 0 Å². The van der Waals surface area contributed by atoms with E-state index in [-0.39, 0.29) is 36.4 Å². The molecule has 0 unspecified atom stereocenters. The first-order valence-corrected chi connectivity index (χ1v) is 8.42. The first-order chi connectivity index (χ1) is 11.6. The number of methoxy groups -OCH3 is 1. The van der Waals surface area contributed by atoms with Gasteiger partial charge in [-0.05, 0) is 24.5 Å². The molecule has 1 aromatic carbocycles. The van der Waals surface area contributed by atoms with Gasteiger partial charge in [0.15, 0.2) is 5.96 Å². The number of nitrogens with zero attached hydrogens (tertiary/aromatic N) is 2. The Morgan fingerprint density at radius 2 is 1.88 bits per heavy atom. The molecule has 6 nitrogen and oxygen atoms in total. The standard InChI is InChI=1S/C18H30N4O2.HI/c1-5-6-12-19-18(21-14-17(23)22(2)3)20-13-11-15-9-7-8-10-16(15)24-4;/h7-10H,5-6,11-14H2,1-4H3,(H2,19,20,21);1H. The highest BCUT2D eigenvalue weighted by atomic mass is 127. The Kier molecular flexibility index (Phi) is 12.9. The zero-order valence-electron chi connectivity index (χ0n) is 15.7. The molecule has 0 spiro atoms. The number of unbranched alkanes of at least 4 members (excludes halogenated alkanes) is 1. The van der Waals surface area contributed by atoms with Gasteiger partial charge in [0.1, 0.15) is 12.3 Å². The van der Waals surface area contributed by atoms with Crippen molar-refractivity contribution in [3.8, 4) is 5.75 Å². The van der Waals surface area contributed by atoms with Crippen LogP contribution in [-0.4, -0.2) is 57.6 Å². The highest BCUT2D eigenvalue weighted by molar-refractivity contribution is 14.0. The van der Waals surface area contributed by atoms with Crippen LogP contribution in [0.2, 0.25) is 0 Å². The largest absolute Gasteiger partial charge is 0.496 e. The Morgan fingerprint density at radius 1 is 1.20 bits per heavy atom. The summed E-state index contributed by atoms with van der Waals surface area (Å²) in [6.07, 6.45) is 2.99. The van der Waals surface area contributed by atoms with E-state index >= 15 is 0 Å². The first-order valence-electron chi connectivity index (χ1n) is 8.42. The molecule has 0 aliphatic carbocycles. The van der Waals surface area contributed by atoms with E-state index < -0.39 is 0 Å². The second-order valence-electron chi connectivity index (χ2n) is 5.72. The van der Waals surface area contributed by atoms with Crippen molar-refractivity contribution in [3.63, 3.8) is 0 Å². The molecule has 7 heteroatoms. The summed E-state index contributed by atoms with van der Waals surface area (Å²) in [6, 6.07) is 7.97. The Balaban J connectivity index is 0.00000576. The third-order valence-electron chi connectivity index (χ3n) is 3.57. The van der Waals surface area contributed by atoms with Gasteiger partial charge < -0.3 is 20.3 Å². The van der Waals surface area contributed by atoms with E-state index in [9.17, 15) is 4.79 Å². The maximum absolute atomic E-state index is 11.7. The summed E-state index contributed by atoms with van der Waals surface area (Å²) in [7, 11) is 5.15. The second kappa shape index (κ2) is 13.7. The molecule has 0 aliphatic rings. The highest BCUT2D eigenvalue weighted by Crippen LogP contribution is 2.17. The van der Waals surface area contributed by atoms with Gasteiger partial charge in [0.05, 0.1) is 7.11 Å². The van der Waals surface area contributed by atoms with Crippen molar-refractivity contribution < 1.29 is 9.53 Å². The van der Waals surface area contributed by atoms with Crippen LogP contribution in [0.3, 0.4) is 0 Å². The molecular formula is C18H31IN4O2. The molecular weight excluding hydrogens is 431 g/mol. The fraction of sp³-hybridized carbons (Fsp3) is 0.556. The minimum absolute atomic E-state index is 0. The number of carbonyl (C=O) groups excluding carboxylic acids is 1. The average molecular weight is 462 g/mol. The molecule has 0 fully saturated rings. The number of halogens is 1. The molecule has 0 heterocycles. The predicted octanol–water partition coefficient (Wildman–Crippen LogP) is 2.28. The number of nitrogens with one attached hydrogen (secondary N) is 2. The van der Waals surface area contributed by atoms with Crippen LogP contribution in [0.4, 0.5) is 0 Å². The molecule has 142 valence electrons. The van der Waals surface area contributed by atoms with E-state index in [2.05, 4.69) is 28.6 Å². The van der Waals surface area contributed by atoms with Crippen molar-refractivity contribution in [2.75, 3.05) is 40.8 Å². The molecule has 0 aromatic heterocycles. The number of carbonyl (C=O) groups is 1. The monoisotopic (exact) mass is 462 g/mol. The number of amides is 1. The van der Waals surface area contributed by atoms with Crippen molar-refractivity contribution in [2.45, 2.75) is 26.2 Å². The molecule has 0 saturated carbocycles. The number of hydrogen-bond donors (Lipinski definition) is 2. The van der Waals surface area contributed by atoms with Gasteiger partial charge in [-0.2, -0.15) is 0 Å². The van der Waals surface area contributed by atoms with E-state index in [0.29, 0.717) is 12.5 Å². The molecule has 0 atom stereocenters.